The van der Waals surface area contributed by atoms with E-state index in [-0.39, 0.29) is 40.3 Å². The topological polar surface area (TPSA) is 67.4 Å². The largest absolute Gasteiger partial charge is 0.484 e. The summed E-state index contributed by atoms with van der Waals surface area (Å²) in [6.07, 6.45) is 5.23. The molecule has 2 aromatic carbocycles. The van der Waals surface area contributed by atoms with Crippen molar-refractivity contribution in [1.82, 2.24) is 10.6 Å². The number of carbonyl (C=O) groups excluding carboxylic acids is 2. The number of benzene rings is 2. The van der Waals surface area contributed by atoms with E-state index in [1.807, 2.05) is 12.1 Å². The SMILES string of the molecule is O=C(/C=C/c1cccc(Cl)c1)NC12CC(NC(=O)COc3ccc(Cl)c(F)c3)(C1)C2. The molecule has 2 aromatic rings. The van der Waals surface area contributed by atoms with Crippen LogP contribution in [0.25, 0.3) is 6.08 Å². The highest BCUT2D eigenvalue weighted by Gasteiger charge is 2.69. The highest BCUT2D eigenvalue weighted by molar-refractivity contribution is 6.31. The van der Waals surface area contributed by atoms with Crippen molar-refractivity contribution in [3.63, 3.8) is 0 Å². The molecule has 0 heterocycles. The molecule has 3 aliphatic rings. The molecule has 3 saturated carbocycles. The van der Waals surface area contributed by atoms with Crippen LogP contribution in [0.3, 0.4) is 0 Å². The van der Waals surface area contributed by atoms with Crippen molar-refractivity contribution in [2.24, 2.45) is 0 Å². The molecular formula is C22H19Cl2FN2O3. The Kier molecular flexibility index (Phi) is 5.47. The van der Waals surface area contributed by atoms with Gasteiger partial charge in [0.1, 0.15) is 11.6 Å². The first-order chi connectivity index (χ1) is 14.3. The first-order valence-electron chi connectivity index (χ1n) is 9.41. The Hall–Kier alpha value is -2.57. The summed E-state index contributed by atoms with van der Waals surface area (Å²) in [6, 6.07) is 11.2. The van der Waals surface area contributed by atoms with Crippen LogP contribution in [0, 0.1) is 5.82 Å². The molecule has 156 valence electrons. The Morgan fingerprint density at radius 2 is 1.80 bits per heavy atom. The summed E-state index contributed by atoms with van der Waals surface area (Å²) in [6.45, 7) is -0.218. The maximum absolute atomic E-state index is 13.4. The number of hydrogen-bond acceptors (Lipinski definition) is 3. The second-order valence-corrected chi connectivity index (χ2v) is 8.72. The summed E-state index contributed by atoms with van der Waals surface area (Å²) < 4.78 is 18.7. The number of hydrogen-bond donors (Lipinski definition) is 2. The van der Waals surface area contributed by atoms with Gasteiger partial charge in [0.2, 0.25) is 5.91 Å². The van der Waals surface area contributed by atoms with Gasteiger partial charge < -0.3 is 15.4 Å². The molecule has 5 nitrogen and oxygen atoms in total. The highest BCUT2D eigenvalue weighted by atomic mass is 35.5. The van der Waals surface area contributed by atoms with Gasteiger partial charge in [0.05, 0.1) is 5.02 Å². The third-order valence-corrected chi connectivity index (χ3v) is 5.90. The lowest BCUT2D eigenvalue weighted by Gasteiger charge is -2.70. The zero-order valence-electron chi connectivity index (χ0n) is 15.9. The number of carbonyl (C=O) groups is 2. The maximum atomic E-state index is 13.4. The normalized spacial score (nSPS) is 24.0. The van der Waals surface area contributed by atoms with Crippen LogP contribution in [0.15, 0.2) is 48.5 Å². The fraction of sp³-hybridized carbons (Fsp3) is 0.273. The second-order valence-electron chi connectivity index (χ2n) is 7.88. The number of rotatable bonds is 7. The van der Waals surface area contributed by atoms with Crippen molar-refractivity contribution < 1.29 is 18.7 Å². The Morgan fingerprint density at radius 1 is 1.07 bits per heavy atom. The molecule has 0 radical (unpaired) electrons. The average Bonchev–Trinajstić information content (AvgIpc) is 2.65. The molecule has 0 aliphatic heterocycles. The smallest absolute Gasteiger partial charge is 0.258 e. The van der Waals surface area contributed by atoms with Crippen molar-refractivity contribution in [1.29, 1.82) is 0 Å². The molecule has 0 saturated heterocycles. The van der Waals surface area contributed by atoms with Crippen molar-refractivity contribution >= 4 is 41.1 Å². The average molecular weight is 449 g/mol. The van der Waals surface area contributed by atoms with E-state index in [1.54, 1.807) is 18.2 Å². The second kappa shape index (κ2) is 7.93. The molecule has 2 N–H and O–H groups in total. The Bertz CT molecular complexity index is 1020. The molecule has 0 aromatic heterocycles. The summed E-state index contributed by atoms with van der Waals surface area (Å²) in [5.74, 6) is -0.829. The van der Waals surface area contributed by atoms with Crippen LogP contribution in [0.4, 0.5) is 4.39 Å². The summed E-state index contributed by atoms with van der Waals surface area (Å²) in [7, 11) is 0. The van der Waals surface area contributed by atoms with Crippen LogP contribution in [-0.4, -0.2) is 29.5 Å². The lowest BCUT2D eigenvalue weighted by molar-refractivity contribution is -0.148. The minimum atomic E-state index is -0.601. The van der Waals surface area contributed by atoms with Crippen LogP contribution >= 0.6 is 23.2 Å². The van der Waals surface area contributed by atoms with Gasteiger partial charge in [-0.3, -0.25) is 9.59 Å². The van der Waals surface area contributed by atoms with Gasteiger partial charge in [-0.1, -0.05) is 35.3 Å². The molecule has 2 amide bonds. The van der Waals surface area contributed by atoms with E-state index in [9.17, 15) is 14.0 Å². The van der Waals surface area contributed by atoms with Gasteiger partial charge in [-0.2, -0.15) is 0 Å². The predicted octanol–water partition coefficient (Wildman–Crippen LogP) is 4.13. The zero-order valence-corrected chi connectivity index (χ0v) is 17.4. The molecule has 3 aliphatic carbocycles. The molecule has 8 heteroatoms. The van der Waals surface area contributed by atoms with Crippen LogP contribution in [0.1, 0.15) is 24.8 Å². The van der Waals surface area contributed by atoms with E-state index >= 15 is 0 Å². The van der Waals surface area contributed by atoms with Gasteiger partial charge in [0, 0.05) is 28.2 Å². The summed E-state index contributed by atoms with van der Waals surface area (Å²) in [5.41, 5.74) is 0.290. The molecule has 3 fully saturated rings. The number of nitrogens with one attached hydrogen (secondary N) is 2. The summed E-state index contributed by atoms with van der Waals surface area (Å²) >= 11 is 11.6. The number of halogens is 3. The van der Waals surface area contributed by atoms with Gasteiger partial charge in [-0.05, 0) is 55.2 Å². The first-order valence-corrected chi connectivity index (χ1v) is 10.2. The molecular weight excluding hydrogens is 430 g/mol. The Morgan fingerprint density at radius 3 is 2.50 bits per heavy atom. The van der Waals surface area contributed by atoms with Crippen LogP contribution in [0.5, 0.6) is 5.75 Å². The standard InChI is InChI=1S/C22H19Cl2FN2O3/c23-15-3-1-2-14(8-15)4-7-19(28)26-21-11-22(12-21,13-21)27-20(29)10-30-16-5-6-17(24)18(25)9-16/h1-9H,10-13H2,(H,26,28)(H,27,29)/b7-4+. The van der Waals surface area contributed by atoms with E-state index in [1.165, 1.54) is 18.2 Å². The molecule has 30 heavy (non-hydrogen) atoms. The van der Waals surface area contributed by atoms with Gasteiger partial charge in [0.25, 0.3) is 5.91 Å². The van der Waals surface area contributed by atoms with Crippen LogP contribution < -0.4 is 15.4 Å². The molecule has 0 atom stereocenters. The molecule has 0 unspecified atom stereocenters. The summed E-state index contributed by atoms with van der Waals surface area (Å²) in [4.78, 5) is 24.3. The van der Waals surface area contributed by atoms with Crippen molar-refractivity contribution in [3.8, 4) is 5.75 Å². The predicted molar refractivity (Wildman–Crippen MR) is 113 cm³/mol. The van der Waals surface area contributed by atoms with Crippen LogP contribution in [0.2, 0.25) is 10.0 Å². The third kappa shape index (κ3) is 4.45. The van der Waals surface area contributed by atoms with E-state index in [0.29, 0.717) is 24.3 Å². The van der Waals surface area contributed by atoms with Gasteiger partial charge in [0.15, 0.2) is 6.61 Å². The van der Waals surface area contributed by atoms with Crippen molar-refractivity contribution in [3.05, 3.63) is 70.0 Å². The lowest BCUT2D eigenvalue weighted by Crippen LogP contribution is -2.83. The minimum Gasteiger partial charge on any atom is -0.484 e. The lowest BCUT2D eigenvalue weighted by atomic mass is 9.44. The van der Waals surface area contributed by atoms with Gasteiger partial charge in [-0.25, -0.2) is 4.39 Å². The number of ether oxygens (including phenoxy) is 1. The zero-order chi connectivity index (χ0) is 21.4. The quantitative estimate of drug-likeness (QED) is 0.625. The Balaban J connectivity index is 1.21. The van der Waals surface area contributed by atoms with E-state index in [2.05, 4.69) is 10.6 Å². The maximum Gasteiger partial charge on any atom is 0.258 e. The van der Waals surface area contributed by atoms with E-state index < -0.39 is 5.82 Å². The Labute approximate surface area is 183 Å². The fourth-order valence-electron chi connectivity index (χ4n) is 4.19. The van der Waals surface area contributed by atoms with Gasteiger partial charge in [-0.15, -0.1) is 0 Å². The van der Waals surface area contributed by atoms with Gasteiger partial charge >= 0.3 is 0 Å². The monoisotopic (exact) mass is 448 g/mol. The van der Waals surface area contributed by atoms with Crippen molar-refractivity contribution in [2.45, 2.75) is 30.3 Å². The first kappa shape index (κ1) is 20.7. The number of amides is 2. The highest BCUT2D eigenvalue weighted by Crippen LogP contribution is 2.60. The van der Waals surface area contributed by atoms with E-state index in [0.717, 1.165) is 11.6 Å². The molecule has 2 bridgehead atoms. The molecule has 0 spiro atoms. The third-order valence-electron chi connectivity index (χ3n) is 5.36. The van der Waals surface area contributed by atoms with Crippen molar-refractivity contribution in [2.75, 3.05) is 6.61 Å². The molecule has 5 rings (SSSR count). The summed E-state index contributed by atoms with van der Waals surface area (Å²) in [5, 5.41) is 6.57. The van der Waals surface area contributed by atoms with Crippen LogP contribution in [-0.2, 0) is 9.59 Å². The minimum absolute atomic E-state index is 0.00424. The van der Waals surface area contributed by atoms with E-state index in [4.69, 9.17) is 27.9 Å². The fourth-order valence-corrected chi connectivity index (χ4v) is 4.50.